The highest BCUT2D eigenvalue weighted by Gasteiger charge is 2.09. The third-order valence-corrected chi connectivity index (χ3v) is 2.15. The van der Waals surface area contributed by atoms with E-state index in [1.807, 2.05) is 0 Å². The summed E-state index contributed by atoms with van der Waals surface area (Å²) in [6, 6.07) is 8.41. The number of halogens is 1. The first-order chi connectivity index (χ1) is 9.21. The van der Waals surface area contributed by atoms with E-state index in [1.165, 1.54) is 6.08 Å². The molecule has 5 heteroatoms. The van der Waals surface area contributed by atoms with Crippen LogP contribution in [0.2, 0.25) is 0 Å². The fraction of sp³-hybridized carbons (Fsp3) is 0.286. The van der Waals surface area contributed by atoms with E-state index >= 15 is 0 Å². The van der Waals surface area contributed by atoms with Crippen molar-refractivity contribution in [2.45, 2.75) is 6.92 Å². The van der Waals surface area contributed by atoms with Gasteiger partial charge in [0.2, 0.25) is 0 Å². The molecular weight excluding hydrogens is 249 g/mol. The van der Waals surface area contributed by atoms with E-state index < -0.39 is 12.6 Å². The monoisotopic (exact) mass is 263 g/mol. The summed E-state index contributed by atoms with van der Waals surface area (Å²) < 4.78 is 21.7. The highest BCUT2D eigenvalue weighted by Crippen LogP contribution is 2.15. The largest absolute Gasteiger partial charge is 0.491 e. The third-order valence-electron chi connectivity index (χ3n) is 2.15. The second kappa shape index (κ2) is 7.88. The Morgan fingerprint density at radius 1 is 1.42 bits per heavy atom. The Hall–Kier alpha value is -2.35. The molecule has 0 atom stereocenters. The van der Waals surface area contributed by atoms with Gasteiger partial charge in [0, 0.05) is 0 Å². The molecule has 0 amide bonds. The molecule has 0 N–H and O–H groups in total. The molecule has 0 saturated carbocycles. The number of ether oxygens (including phenoxy) is 2. The minimum absolute atomic E-state index is 0.00145. The van der Waals surface area contributed by atoms with Crippen molar-refractivity contribution in [2.24, 2.45) is 0 Å². The Bertz CT molecular complexity index is 488. The van der Waals surface area contributed by atoms with Gasteiger partial charge in [-0.1, -0.05) is 12.1 Å². The summed E-state index contributed by atoms with van der Waals surface area (Å²) in [5.74, 6) is -0.118. The van der Waals surface area contributed by atoms with Gasteiger partial charge in [-0.2, -0.15) is 5.26 Å². The zero-order valence-corrected chi connectivity index (χ0v) is 10.6. The van der Waals surface area contributed by atoms with Crippen LogP contribution in [-0.2, 0) is 9.53 Å². The van der Waals surface area contributed by atoms with E-state index in [4.69, 9.17) is 14.7 Å². The van der Waals surface area contributed by atoms with Crippen LogP contribution in [0.3, 0.4) is 0 Å². The first-order valence-electron chi connectivity index (χ1n) is 5.79. The predicted octanol–water partition coefficient (Wildman–Crippen LogP) is 2.50. The number of alkyl halides is 1. The lowest BCUT2D eigenvalue weighted by Crippen LogP contribution is -2.05. The van der Waals surface area contributed by atoms with Crippen LogP contribution in [0.4, 0.5) is 4.39 Å². The maximum Gasteiger partial charge on any atom is 0.348 e. The lowest BCUT2D eigenvalue weighted by Gasteiger charge is -2.03. The van der Waals surface area contributed by atoms with Gasteiger partial charge in [0.15, 0.2) is 0 Å². The summed E-state index contributed by atoms with van der Waals surface area (Å²) in [5.41, 5.74) is 0.594. The maximum atomic E-state index is 11.9. The first kappa shape index (κ1) is 14.7. The van der Waals surface area contributed by atoms with Gasteiger partial charge in [-0.15, -0.1) is 0 Å². The number of benzene rings is 1. The standard InChI is InChI=1S/C14H14FNO3/c1-2-18-14(17)12(10-16)9-11-3-5-13(6-4-11)19-8-7-15/h3-6,9H,2,7-8H2,1H3/b12-9+. The van der Waals surface area contributed by atoms with Crippen LogP contribution in [-0.4, -0.2) is 25.9 Å². The molecule has 0 heterocycles. The zero-order valence-electron chi connectivity index (χ0n) is 10.6. The van der Waals surface area contributed by atoms with Gasteiger partial charge >= 0.3 is 5.97 Å². The van der Waals surface area contributed by atoms with Gasteiger partial charge in [0.05, 0.1) is 6.61 Å². The minimum Gasteiger partial charge on any atom is -0.491 e. The van der Waals surface area contributed by atoms with E-state index in [0.717, 1.165) is 0 Å². The smallest absolute Gasteiger partial charge is 0.348 e. The van der Waals surface area contributed by atoms with Crippen LogP contribution < -0.4 is 4.74 Å². The molecule has 1 aromatic rings. The predicted molar refractivity (Wildman–Crippen MR) is 68.1 cm³/mol. The molecular formula is C14H14FNO3. The molecule has 0 fully saturated rings. The quantitative estimate of drug-likeness (QED) is 0.449. The van der Waals surface area contributed by atoms with Crippen LogP contribution in [0.1, 0.15) is 12.5 Å². The minimum atomic E-state index is -0.650. The number of carbonyl (C=O) groups excluding carboxylic acids is 1. The normalized spacial score (nSPS) is 10.7. The van der Waals surface area contributed by atoms with E-state index in [-0.39, 0.29) is 18.8 Å². The van der Waals surface area contributed by atoms with E-state index in [9.17, 15) is 9.18 Å². The van der Waals surface area contributed by atoms with Crippen molar-refractivity contribution in [3.8, 4) is 11.8 Å². The van der Waals surface area contributed by atoms with Crippen LogP contribution in [0.5, 0.6) is 5.75 Å². The van der Waals surface area contributed by atoms with Crippen molar-refractivity contribution in [1.82, 2.24) is 0 Å². The lowest BCUT2D eigenvalue weighted by atomic mass is 10.1. The second-order valence-electron chi connectivity index (χ2n) is 3.50. The molecule has 0 bridgehead atoms. The van der Waals surface area contributed by atoms with Crippen LogP contribution in [0, 0.1) is 11.3 Å². The van der Waals surface area contributed by atoms with Gasteiger partial charge in [-0.05, 0) is 30.7 Å². The van der Waals surface area contributed by atoms with Crippen LogP contribution in [0.25, 0.3) is 6.08 Å². The van der Waals surface area contributed by atoms with Crippen molar-refractivity contribution < 1.29 is 18.7 Å². The number of hydrogen-bond acceptors (Lipinski definition) is 4. The Labute approximate surface area is 111 Å². The SMILES string of the molecule is CCOC(=O)/C(C#N)=C/c1ccc(OCCF)cc1. The summed E-state index contributed by atoms with van der Waals surface area (Å²) in [7, 11) is 0. The lowest BCUT2D eigenvalue weighted by molar-refractivity contribution is -0.137. The number of carbonyl (C=O) groups is 1. The molecule has 0 saturated heterocycles. The molecule has 4 nitrogen and oxygen atoms in total. The number of rotatable bonds is 6. The highest BCUT2D eigenvalue weighted by molar-refractivity contribution is 5.97. The van der Waals surface area contributed by atoms with Gasteiger partial charge in [0.25, 0.3) is 0 Å². The molecule has 0 aliphatic carbocycles. The summed E-state index contributed by atoms with van der Waals surface area (Å²) >= 11 is 0. The van der Waals surface area contributed by atoms with Gasteiger partial charge in [-0.3, -0.25) is 0 Å². The van der Waals surface area contributed by atoms with Gasteiger partial charge in [-0.25, -0.2) is 9.18 Å². The molecule has 1 rings (SSSR count). The Morgan fingerprint density at radius 3 is 2.63 bits per heavy atom. The summed E-state index contributed by atoms with van der Waals surface area (Å²) in [6.45, 7) is 1.34. The maximum absolute atomic E-state index is 11.9. The van der Waals surface area contributed by atoms with Crippen molar-refractivity contribution in [3.05, 3.63) is 35.4 Å². The summed E-state index contributed by atoms with van der Waals surface area (Å²) in [6.07, 6.45) is 1.43. The van der Waals surface area contributed by atoms with Gasteiger partial charge in [0.1, 0.15) is 30.7 Å². The molecule has 0 unspecified atom stereocenters. The number of hydrogen-bond donors (Lipinski definition) is 0. The molecule has 0 radical (unpaired) electrons. The fourth-order valence-electron chi connectivity index (χ4n) is 1.33. The van der Waals surface area contributed by atoms with E-state index in [1.54, 1.807) is 37.3 Å². The molecule has 0 spiro atoms. The Balaban J connectivity index is 2.80. The van der Waals surface area contributed by atoms with Crippen molar-refractivity contribution in [1.29, 1.82) is 5.26 Å². The molecule has 0 aromatic heterocycles. The zero-order chi connectivity index (χ0) is 14.1. The van der Waals surface area contributed by atoms with E-state index in [2.05, 4.69) is 0 Å². The van der Waals surface area contributed by atoms with Crippen molar-refractivity contribution >= 4 is 12.0 Å². The van der Waals surface area contributed by atoms with E-state index in [0.29, 0.717) is 11.3 Å². The summed E-state index contributed by atoms with van der Waals surface area (Å²) in [5, 5.41) is 8.87. The fourth-order valence-corrected chi connectivity index (χ4v) is 1.33. The van der Waals surface area contributed by atoms with Crippen molar-refractivity contribution in [3.63, 3.8) is 0 Å². The number of esters is 1. The molecule has 0 aliphatic heterocycles. The van der Waals surface area contributed by atoms with Crippen LogP contribution in [0.15, 0.2) is 29.8 Å². The number of nitrogens with zero attached hydrogens (tertiary/aromatic N) is 1. The molecule has 0 aliphatic rings. The Kier molecular flexibility index (Phi) is 6.10. The highest BCUT2D eigenvalue weighted by atomic mass is 19.1. The molecule has 1 aromatic carbocycles. The first-order valence-corrected chi connectivity index (χ1v) is 5.79. The molecule has 19 heavy (non-hydrogen) atoms. The topological polar surface area (TPSA) is 59.3 Å². The average Bonchev–Trinajstić information content (AvgIpc) is 2.44. The van der Waals surface area contributed by atoms with Crippen molar-refractivity contribution in [2.75, 3.05) is 19.9 Å². The Morgan fingerprint density at radius 2 is 2.11 bits per heavy atom. The number of nitriles is 1. The van der Waals surface area contributed by atoms with Crippen LogP contribution >= 0.6 is 0 Å². The molecule has 100 valence electrons. The van der Waals surface area contributed by atoms with Gasteiger partial charge < -0.3 is 9.47 Å². The third kappa shape index (κ3) is 4.80. The second-order valence-corrected chi connectivity index (χ2v) is 3.50. The summed E-state index contributed by atoms with van der Waals surface area (Å²) in [4.78, 5) is 11.4. The average molecular weight is 263 g/mol.